The van der Waals surface area contributed by atoms with Gasteiger partial charge in [0.25, 0.3) is 0 Å². The van der Waals surface area contributed by atoms with Crippen molar-refractivity contribution in [1.29, 1.82) is 0 Å². The first-order valence-corrected chi connectivity index (χ1v) is 3.98. The molecule has 78 valence electrons. The molecule has 0 saturated carbocycles. The van der Waals surface area contributed by atoms with E-state index < -0.39 is 12.6 Å². The van der Waals surface area contributed by atoms with Crippen molar-refractivity contribution in [3.05, 3.63) is 35.4 Å². The Morgan fingerprint density at radius 3 is 2.21 bits per heavy atom. The lowest BCUT2D eigenvalue weighted by Gasteiger charge is -2.10. The summed E-state index contributed by atoms with van der Waals surface area (Å²) in [5.41, 5.74) is 0.665. The second-order valence-corrected chi connectivity index (χ2v) is 2.87. The highest BCUT2D eigenvalue weighted by molar-refractivity contribution is 5.27. The minimum atomic E-state index is -4.20. The predicted molar refractivity (Wildman–Crippen MR) is 45.2 cm³/mol. The third-order valence-corrected chi connectivity index (χ3v) is 1.75. The summed E-state index contributed by atoms with van der Waals surface area (Å²) in [6.07, 6.45) is -5.16. The second-order valence-electron chi connectivity index (χ2n) is 2.87. The van der Waals surface area contributed by atoms with Crippen LogP contribution in [0.25, 0.3) is 0 Å². The van der Waals surface area contributed by atoms with Gasteiger partial charge in [-0.05, 0) is 11.1 Å². The summed E-state index contributed by atoms with van der Waals surface area (Å²) in [6.45, 7) is -0.00769. The van der Waals surface area contributed by atoms with Crippen molar-refractivity contribution in [2.75, 3.05) is 0 Å². The fourth-order valence-electron chi connectivity index (χ4n) is 1.18. The molecule has 0 aliphatic carbocycles. The Morgan fingerprint density at radius 1 is 1.14 bits per heavy atom. The summed E-state index contributed by atoms with van der Waals surface area (Å²) in [5, 5.41) is 0. The van der Waals surface area contributed by atoms with Crippen LogP contribution in [0.1, 0.15) is 11.1 Å². The van der Waals surface area contributed by atoms with Gasteiger partial charge in [-0.15, -0.1) is 0 Å². The molecular weight excluding hydrogens is 195 g/mol. The van der Waals surface area contributed by atoms with Gasteiger partial charge in [-0.25, -0.2) is 5.90 Å². The molecule has 1 aromatic rings. The Balaban J connectivity index is 2.84. The molecule has 0 saturated heterocycles. The van der Waals surface area contributed by atoms with Crippen molar-refractivity contribution in [1.82, 2.24) is 0 Å². The van der Waals surface area contributed by atoms with E-state index in [9.17, 15) is 13.2 Å². The maximum absolute atomic E-state index is 12.1. The maximum Gasteiger partial charge on any atom is 0.393 e. The number of rotatable bonds is 3. The third kappa shape index (κ3) is 3.35. The molecule has 14 heavy (non-hydrogen) atoms. The predicted octanol–water partition coefficient (Wildman–Crippen LogP) is 2.18. The summed E-state index contributed by atoms with van der Waals surface area (Å²) < 4.78 is 36.3. The van der Waals surface area contributed by atoms with E-state index >= 15 is 0 Å². The van der Waals surface area contributed by atoms with Crippen LogP contribution < -0.4 is 5.90 Å². The van der Waals surface area contributed by atoms with Crippen LogP contribution in [0.15, 0.2) is 24.3 Å². The van der Waals surface area contributed by atoms with Crippen LogP contribution in [0, 0.1) is 0 Å². The average molecular weight is 205 g/mol. The zero-order chi connectivity index (χ0) is 10.6. The molecule has 0 spiro atoms. The quantitative estimate of drug-likeness (QED) is 0.767. The van der Waals surface area contributed by atoms with Gasteiger partial charge in [0.2, 0.25) is 0 Å². The van der Waals surface area contributed by atoms with Crippen LogP contribution in [0.2, 0.25) is 0 Å². The van der Waals surface area contributed by atoms with Crippen LogP contribution >= 0.6 is 0 Å². The number of halogens is 3. The highest BCUT2D eigenvalue weighted by Gasteiger charge is 2.28. The molecule has 0 fully saturated rings. The monoisotopic (exact) mass is 205 g/mol. The molecule has 0 heterocycles. The Morgan fingerprint density at radius 2 is 1.71 bits per heavy atom. The van der Waals surface area contributed by atoms with Crippen LogP contribution in [0.4, 0.5) is 13.2 Å². The van der Waals surface area contributed by atoms with Crippen molar-refractivity contribution in [2.45, 2.75) is 19.2 Å². The smallest absolute Gasteiger partial charge is 0.300 e. The summed E-state index contributed by atoms with van der Waals surface area (Å²) in [7, 11) is 0. The number of hydrogen-bond acceptors (Lipinski definition) is 2. The SMILES string of the molecule is NOCc1ccccc1CC(F)(F)F. The summed E-state index contributed by atoms with van der Waals surface area (Å²) >= 11 is 0. The number of benzene rings is 1. The van der Waals surface area contributed by atoms with E-state index in [1.807, 2.05) is 0 Å². The molecule has 0 unspecified atom stereocenters. The molecule has 0 aromatic heterocycles. The van der Waals surface area contributed by atoms with Gasteiger partial charge in [0.1, 0.15) is 0 Å². The summed E-state index contributed by atoms with van der Waals surface area (Å²) in [6, 6.07) is 6.19. The van der Waals surface area contributed by atoms with E-state index in [2.05, 4.69) is 4.84 Å². The van der Waals surface area contributed by atoms with E-state index in [1.54, 1.807) is 18.2 Å². The van der Waals surface area contributed by atoms with Crippen molar-refractivity contribution in [3.63, 3.8) is 0 Å². The first-order valence-electron chi connectivity index (χ1n) is 3.98. The Labute approximate surface area is 79.4 Å². The highest BCUT2D eigenvalue weighted by Crippen LogP contribution is 2.23. The minimum absolute atomic E-state index is 0.00769. The zero-order valence-corrected chi connectivity index (χ0v) is 7.34. The molecule has 1 aromatic carbocycles. The summed E-state index contributed by atoms with van der Waals surface area (Å²) in [4.78, 5) is 4.32. The van der Waals surface area contributed by atoms with Gasteiger partial charge < -0.3 is 0 Å². The van der Waals surface area contributed by atoms with Crippen LogP contribution in [-0.4, -0.2) is 6.18 Å². The van der Waals surface area contributed by atoms with Crippen molar-refractivity contribution >= 4 is 0 Å². The molecule has 2 N–H and O–H groups in total. The standard InChI is InChI=1S/C9H10F3NO/c10-9(11,12)5-7-3-1-2-4-8(7)6-14-13/h1-4H,5-6,13H2. The Bertz CT molecular complexity index is 298. The van der Waals surface area contributed by atoms with Crippen LogP contribution in [0.3, 0.4) is 0 Å². The van der Waals surface area contributed by atoms with E-state index in [4.69, 9.17) is 5.90 Å². The van der Waals surface area contributed by atoms with Gasteiger partial charge in [-0.1, -0.05) is 24.3 Å². The largest absolute Gasteiger partial charge is 0.393 e. The highest BCUT2D eigenvalue weighted by atomic mass is 19.4. The fourth-order valence-corrected chi connectivity index (χ4v) is 1.18. The van der Waals surface area contributed by atoms with Gasteiger partial charge >= 0.3 is 6.18 Å². The molecule has 1 rings (SSSR count). The average Bonchev–Trinajstić information content (AvgIpc) is 2.06. The van der Waals surface area contributed by atoms with Gasteiger partial charge in [0, 0.05) is 0 Å². The maximum atomic E-state index is 12.1. The molecule has 0 radical (unpaired) electrons. The van der Waals surface area contributed by atoms with E-state index in [0.29, 0.717) is 5.56 Å². The number of nitrogens with two attached hydrogens (primary N) is 1. The van der Waals surface area contributed by atoms with Gasteiger partial charge in [0.15, 0.2) is 0 Å². The molecule has 0 amide bonds. The fraction of sp³-hybridized carbons (Fsp3) is 0.333. The zero-order valence-electron chi connectivity index (χ0n) is 7.34. The lowest BCUT2D eigenvalue weighted by Crippen LogP contribution is -2.14. The topological polar surface area (TPSA) is 35.2 Å². The lowest BCUT2D eigenvalue weighted by molar-refractivity contribution is -0.127. The van der Waals surface area contributed by atoms with Crippen molar-refractivity contribution < 1.29 is 18.0 Å². The molecule has 0 bridgehead atoms. The Kier molecular flexibility index (Phi) is 3.49. The lowest BCUT2D eigenvalue weighted by atomic mass is 10.1. The van der Waals surface area contributed by atoms with E-state index in [1.165, 1.54) is 6.07 Å². The van der Waals surface area contributed by atoms with Gasteiger partial charge in [0.05, 0.1) is 13.0 Å². The number of hydrogen-bond donors (Lipinski definition) is 1. The van der Waals surface area contributed by atoms with E-state index in [0.717, 1.165) is 0 Å². The Hall–Kier alpha value is -1.07. The van der Waals surface area contributed by atoms with E-state index in [-0.39, 0.29) is 12.2 Å². The molecule has 2 nitrogen and oxygen atoms in total. The molecule has 0 aliphatic heterocycles. The molecule has 0 aliphatic rings. The van der Waals surface area contributed by atoms with Crippen molar-refractivity contribution in [3.8, 4) is 0 Å². The van der Waals surface area contributed by atoms with Crippen LogP contribution in [0.5, 0.6) is 0 Å². The molecular formula is C9H10F3NO. The normalized spacial score (nSPS) is 11.7. The third-order valence-electron chi connectivity index (χ3n) is 1.75. The second kappa shape index (κ2) is 4.43. The molecule has 0 atom stereocenters. The minimum Gasteiger partial charge on any atom is -0.300 e. The first-order chi connectivity index (χ1) is 6.53. The van der Waals surface area contributed by atoms with Gasteiger partial charge in [-0.2, -0.15) is 13.2 Å². The van der Waals surface area contributed by atoms with Crippen LogP contribution in [-0.2, 0) is 17.9 Å². The summed E-state index contributed by atoms with van der Waals surface area (Å²) in [5.74, 6) is 4.81. The van der Waals surface area contributed by atoms with Gasteiger partial charge in [-0.3, -0.25) is 4.84 Å². The first kappa shape index (κ1) is 11.0. The number of alkyl halides is 3. The molecule has 5 heteroatoms. The van der Waals surface area contributed by atoms with Crippen molar-refractivity contribution in [2.24, 2.45) is 5.90 Å².